The Labute approximate surface area is 146 Å². The summed E-state index contributed by atoms with van der Waals surface area (Å²) in [6.07, 6.45) is 6.67. The molecule has 0 bridgehead atoms. The number of hydrogen-bond acceptors (Lipinski definition) is 2. The lowest BCUT2D eigenvalue weighted by Crippen LogP contribution is -2.38. The van der Waals surface area contributed by atoms with Gasteiger partial charge in [-0.2, -0.15) is 0 Å². The van der Waals surface area contributed by atoms with Crippen molar-refractivity contribution in [3.8, 4) is 0 Å². The van der Waals surface area contributed by atoms with Gasteiger partial charge in [-0.05, 0) is 31.7 Å². The van der Waals surface area contributed by atoms with E-state index >= 15 is 0 Å². The van der Waals surface area contributed by atoms with Crippen molar-refractivity contribution in [1.82, 2.24) is 10.6 Å². The minimum Gasteiger partial charge on any atom is -0.377 e. The van der Waals surface area contributed by atoms with Crippen LogP contribution in [0.15, 0.2) is 40.9 Å². The van der Waals surface area contributed by atoms with Gasteiger partial charge in [0.05, 0.1) is 19.8 Å². The van der Waals surface area contributed by atoms with E-state index in [2.05, 4.69) is 54.8 Å². The zero-order chi connectivity index (χ0) is 17.0. The van der Waals surface area contributed by atoms with E-state index in [0.717, 1.165) is 51.5 Å². The van der Waals surface area contributed by atoms with Crippen LogP contribution in [-0.4, -0.2) is 32.3 Å². The van der Waals surface area contributed by atoms with Crippen LogP contribution in [0, 0.1) is 6.92 Å². The summed E-state index contributed by atoms with van der Waals surface area (Å²) >= 11 is 0. The molecule has 0 spiro atoms. The number of unbranched alkanes of at least 4 members (excludes halogenated alkanes) is 1. The number of rotatable bonds is 8. The molecule has 1 aliphatic heterocycles. The third-order valence-electron chi connectivity index (χ3n) is 4.16. The van der Waals surface area contributed by atoms with Gasteiger partial charge in [-0.15, -0.1) is 0 Å². The topological polar surface area (TPSA) is 45.7 Å². The maximum Gasteiger partial charge on any atom is 0.191 e. The lowest BCUT2D eigenvalue weighted by molar-refractivity contribution is 0.153. The van der Waals surface area contributed by atoms with Crippen LogP contribution in [-0.2, 0) is 11.3 Å². The fraction of sp³-hybridized carbons (Fsp3) is 0.550. The van der Waals surface area contributed by atoms with Crippen LogP contribution in [0.25, 0.3) is 0 Å². The standard InChI is InChI=1S/C20H31N3O/c1-3-4-12-21-20(22-13-9-18-10-14-24-15-11-18)23-16-19-7-5-17(2)6-8-19/h5-8,10H,3-4,9,11-16H2,1-2H3,(H2,21,22,23). The molecule has 0 saturated heterocycles. The summed E-state index contributed by atoms with van der Waals surface area (Å²) in [7, 11) is 0. The highest BCUT2D eigenvalue weighted by Gasteiger charge is 2.04. The highest BCUT2D eigenvalue weighted by Crippen LogP contribution is 2.10. The Kier molecular flexibility index (Phi) is 8.39. The van der Waals surface area contributed by atoms with Gasteiger partial charge in [0.1, 0.15) is 0 Å². The molecular formula is C20H31N3O. The first-order valence-corrected chi connectivity index (χ1v) is 9.11. The molecule has 132 valence electrons. The van der Waals surface area contributed by atoms with Gasteiger partial charge in [0, 0.05) is 13.1 Å². The largest absolute Gasteiger partial charge is 0.377 e. The normalized spacial score (nSPS) is 15.1. The predicted octanol–water partition coefficient (Wildman–Crippen LogP) is 3.57. The molecule has 4 nitrogen and oxygen atoms in total. The Bertz CT molecular complexity index is 534. The van der Waals surface area contributed by atoms with Gasteiger partial charge in [0.25, 0.3) is 0 Å². The molecule has 1 aromatic carbocycles. The summed E-state index contributed by atoms with van der Waals surface area (Å²) in [6.45, 7) is 8.52. The first-order valence-electron chi connectivity index (χ1n) is 9.11. The Hall–Kier alpha value is -1.81. The number of guanidine groups is 1. The number of hydrogen-bond donors (Lipinski definition) is 2. The van der Waals surface area contributed by atoms with Crippen LogP contribution >= 0.6 is 0 Å². The summed E-state index contributed by atoms with van der Waals surface area (Å²) in [5.41, 5.74) is 4.01. The van der Waals surface area contributed by atoms with Crippen LogP contribution in [0.3, 0.4) is 0 Å². The fourth-order valence-corrected chi connectivity index (χ4v) is 2.56. The van der Waals surface area contributed by atoms with E-state index in [1.165, 1.54) is 23.1 Å². The lowest BCUT2D eigenvalue weighted by atomic mass is 10.1. The van der Waals surface area contributed by atoms with Crippen molar-refractivity contribution in [2.24, 2.45) is 4.99 Å². The third kappa shape index (κ3) is 7.18. The molecule has 0 radical (unpaired) electrons. The molecule has 0 fully saturated rings. The molecule has 4 heteroatoms. The van der Waals surface area contributed by atoms with E-state index in [1.54, 1.807) is 0 Å². The zero-order valence-electron chi connectivity index (χ0n) is 15.1. The van der Waals surface area contributed by atoms with Crippen LogP contribution in [0.1, 0.15) is 43.7 Å². The monoisotopic (exact) mass is 329 g/mol. The molecule has 0 saturated carbocycles. The first kappa shape index (κ1) is 18.5. The lowest BCUT2D eigenvalue weighted by Gasteiger charge is -2.16. The van der Waals surface area contributed by atoms with Crippen molar-refractivity contribution in [3.63, 3.8) is 0 Å². The fourth-order valence-electron chi connectivity index (χ4n) is 2.56. The molecule has 2 rings (SSSR count). The maximum absolute atomic E-state index is 5.36. The Morgan fingerprint density at radius 1 is 1.17 bits per heavy atom. The zero-order valence-corrected chi connectivity index (χ0v) is 15.1. The average molecular weight is 329 g/mol. The average Bonchev–Trinajstić information content (AvgIpc) is 2.61. The van der Waals surface area contributed by atoms with Gasteiger partial charge in [-0.3, -0.25) is 0 Å². The highest BCUT2D eigenvalue weighted by atomic mass is 16.5. The molecule has 0 amide bonds. The van der Waals surface area contributed by atoms with E-state index in [9.17, 15) is 0 Å². The highest BCUT2D eigenvalue weighted by molar-refractivity contribution is 5.79. The van der Waals surface area contributed by atoms with Gasteiger partial charge in [-0.1, -0.05) is 54.8 Å². The van der Waals surface area contributed by atoms with Crippen molar-refractivity contribution in [3.05, 3.63) is 47.0 Å². The van der Waals surface area contributed by atoms with Crippen molar-refractivity contribution < 1.29 is 4.74 Å². The van der Waals surface area contributed by atoms with Crippen molar-refractivity contribution >= 4 is 5.96 Å². The second-order valence-electron chi connectivity index (χ2n) is 6.29. The Balaban J connectivity index is 1.83. The molecule has 1 aromatic rings. The van der Waals surface area contributed by atoms with Gasteiger partial charge in [-0.25, -0.2) is 4.99 Å². The number of benzene rings is 1. The second-order valence-corrected chi connectivity index (χ2v) is 6.29. The van der Waals surface area contributed by atoms with E-state index in [0.29, 0.717) is 6.54 Å². The summed E-state index contributed by atoms with van der Waals surface area (Å²) in [5, 5.41) is 6.90. The van der Waals surface area contributed by atoms with Gasteiger partial charge >= 0.3 is 0 Å². The van der Waals surface area contributed by atoms with Crippen LogP contribution in [0.2, 0.25) is 0 Å². The quantitative estimate of drug-likeness (QED) is 0.332. The smallest absolute Gasteiger partial charge is 0.191 e. The van der Waals surface area contributed by atoms with Crippen molar-refractivity contribution in [1.29, 1.82) is 0 Å². The van der Waals surface area contributed by atoms with Crippen LogP contribution in [0.4, 0.5) is 0 Å². The molecule has 1 aliphatic rings. The van der Waals surface area contributed by atoms with Gasteiger partial charge in [0.15, 0.2) is 5.96 Å². The molecule has 0 unspecified atom stereocenters. The first-order chi connectivity index (χ1) is 11.8. The Morgan fingerprint density at radius 2 is 1.96 bits per heavy atom. The van der Waals surface area contributed by atoms with E-state index < -0.39 is 0 Å². The van der Waals surface area contributed by atoms with Crippen LogP contribution in [0.5, 0.6) is 0 Å². The number of aryl methyl sites for hydroxylation is 1. The molecule has 0 aromatic heterocycles. The number of aliphatic imine (C=N–C) groups is 1. The van der Waals surface area contributed by atoms with Gasteiger partial charge in [0.2, 0.25) is 0 Å². The van der Waals surface area contributed by atoms with Crippen molar-refractivity contribution in [2.75, 3.05) is 26.3 Å². The van der Waals surface area contributed by atoms with Crippen LogP contribution < -0.4 is 10.6 Å². The molecule has 0 atom stereocenters. The van der Waals surface area contributed by atoms with Gasteiger partial charge < -0.3 is 15.4 Å². The number of nitrogens with zero attached hydrogens (tertiary/aromatic N) is 1. The molecule has 0 aliphatic carbocycles. The SMILES string of the molecule is CCCCNC(=NCc1ccc(C)cc1)NCCC1=CCOCC1. The van der Waals surface area contributed by atoms with E-state index in [1.807, 2.05) is 0 Å². The summed E-state index contributed by atoms with van der Waals surface area (Å²) in [4.78, 5) is 4.73. The summed E-state index contributed by atoms with van der Waals surface area (Å²) in [5.74, 6) is 0.914. The number of ether oxygens (including phenoxy) is 1. The van der Waals surface area contributed by atoms with Crippen molar-refractivity contribution in [2.45, 2.75) is 46.1 Å². The van der Waals surface area contributed by atoms with E-state index in [-0.39, 0.29) is 0 Å². The summed E-state index contributed by atoms with van der Waals surface area (Å²) in [6, 6.07) is 8.57. The Morgan fingerprint density at radius 3 is 2.67 bits per heavy atom. The number of nitrogens with one attached hydrogen (secondary N) is 2. The third-order valence-corrected chi connectivity index (χ3v) is 4.16. The van der Waals surface area contributed by atoms with E-state index in [4.69, 9.17) is 9.73 Å². The molecular weight excluding hydrogens is 298 g/mol. The molecule has 1 heterocycles. The molecule has 24 heavy (non-hydrogen) atoms. The minimum absolute atomic E-state index is 0.707. The second kappa shape index (κ2) is 10.9. The predicted molar refractivity (Wildman–Crippen MR) is 101 cm³/mol. The summed E-state index contributed by atoms with van der Waals surface area (Å²) < 4.78 is 5.36. The maximum atomic E-state index is 5.36. The molecule has 2 N–H and O–H groups in total. The minimum atomic E-state index is 0.707.